The Hall–Kier alpha value is -1.91. The number of aromatic hydroxyl groups is 1. The monoisotopic (exact) mass is 226 g/mol. The van der Waals surface area contributed by atoms with Gasteiger partial charge in [0.25, 0.3) is 0 Å². The predicted octanol–water partition coefficient (Wildman–Crippen LogP) is 1.60. The molecule has 0 aliphatic heterocycles. The Morgan fingerprint density at radius 1 is 1.31 bits per heavy atom. The lowest BCUT2D eigenvalue weighted by atomic mass is 9.99. The minimum atomic E-state index is -1.01. The molecule has 1 rings (SSSR count). The maximum Gasteiger partial charge on any atom is 0.310 e. The number of phenolic OH excluding ortho intramolecular Hbond substituents is 1. The van der Waals surface area contributed by atoms with Crippen LogP contribution in [0.4, 0.5) is 0 Å². The van der Waals surface area contributed by atoms with E-state index in [1.165, 1.54) is 27.2 Å². The highest BCUT2D eigenvalue weighted by molar-refractivity contribution is 5.77. The van der Waals surface area contributed by atoms with Crippen molar-refractivity contribution in [2.75, 3.05) is 14.2 Å². The van der Waals surface area contributed by atoms with Gasteiger partial charge < -0.3 is 19.7 Å². The third-order valence-electron chi connectivity index (χ3n) is 2.39. The van der Waals surface area contributed by atoms with Crippen LogP contribution < -0.4 is 9.47 Å². The Morgan fingerprint density at radius 3 is 2.38 bits per heavy atom. The van der Waals surface area contributed by atoms with Gasteiger partial charge in [0.05, 0.1) is 20.1 Å². The number of carboxylic acid groups (broad SMARTS) is 1. The van der Waals surface area contributed by atoms with Gasteiger partial charge in [0, 0.05) is 5.56 Å². The minimum Gasteiger partial charge on any atom is -0.504 e. The van der Waals surface area contributed by atoms with Crippen molar-refractivity contribution < 1.29 is 24.5 Å². The lowest BCUT2D eigenvalue weighted by Gasteiger charge is -2.14. The average Bonchev–Trinajstić information content (AvgIpc) is 2.27. The van der Waals surface area contributed by atoms with Gasteiger partial charge in [-0.2, -0.15) is 0 Å². The molecule has 0 saturated heterocycles. The molecular formula is C11H14O5. The van der Waals surface area contributed by atoms with Crippen molar-refractivity contribution >= 4 is 5.97 Å². The standard InChI is InChI=1S/C11H14O5/c1-6(11(13)14)7-4-5-8(15-2)10(16-3)9(7)12/h4-6,12H,1-3H3,(H,13,14). The molecule has 88 valence electrons. The molecule has 1 aromatic rings. The fraction of sp³-hybridized carbons (Fsp3) is 0.364. The second-order valence-corrected chi connectivity index (χ2v) is 3.30. The van der Waals surface area contributed by atoms with Crippen molar-refractivity contribution in [2.45, 2.75) is 12.8 Å². The largest absolute Gasteiger partial charge is 0.504 e. The number of carbonyl (C=O) groups is 1. The molecule has 0 radical (unpaired) electrons. The zero-order valence-electron chi connectivity index (χ0n) is 9.35. The molecule has 1 unspecified atom stereocenters. The number of hydrogen-bond acceptors (Lipinski definition) is 4. The number of phenols is 1. The molecular weight excluding hydrogens is 212 g/mol. The maximum absolute atomic E-state index is 10.8. The number of ether oxygens (including phenoxy) is 2. The molecule has 0 saturated carbocycles. The van der Waals surface area contributed by atoms with Crippen LogP contribution >= 0.6 is 0 Å². The van der Waals surface area contributed by atoms with Crippen LogP contribution in [0.2, 0.25) is 0 Å². The summed E-state index contributed by atoms with van der Waals surface area (Å²) < 4.78 is 9.95. The van der Waals surface area contributed by atoms with E-state index in [9.17, 15) is 9.90 Å². The molecule has 2 N–H and O–H groups in total. The highest BCUT2D eigenvalue weighted by atomic mass is 16.5. The third kappa shape index (κ3) is 2.03. The second-order valence-electron chi connectivity index (χ2n) is 3.30. The molecule has 0 aliphatic carbocycles. The summed E-state index contributed by atoms with van der Waals surface area (Å²) in [5, 5.41) is 18.7. The average molecular weight is 226 g/mol. The van der Waals surface area contributed by atoms with Crippen LogP contribution in [0.15, 0.2) is 12.1 Å². The Balaban J connectivity index is 3.29. The molecule has 0 bridgehead atoms. The van der Waals surface area contributed by atoms with Gasteiger partial charge in [-0.05, 0) is 13.0 Å². The SMILES string of the molecule is COc1ccc(C(C)C(=O)O)c(O)c1OC. The van der Waals surface area contributed by atoms with Crippen molar-refractivity contribution in [1.82, 2.24) is 0 Å². The van der Waals surface area contributed by atoms with Gasteiger partial charge in [0.15, 0.2) is 11.5 Å². The fourth-order valence-electron chi connectivity index (χ4n) is 1.41. The van der Waals surface area contributed by atoms with Gasteiger partial charge in [-0.25, -0.2) is 0 Å². The summed E-state index contributed by atoms with van der Waals surface area (Å²) >= 11 is 0. The summed E-state index contributed by atoms with van der Waals surface area (Å²) in [7, 11) is 2.82. The van der Waals surface area contributed by atoms with Crippen LogP contribution in [0.3, 0.4) is 0 Å². The van der Waals surface area contributed by atoms with Gasteiger partial charge in [-0.1, -0.05) is 6.07 Å². The van der Waals surface area contributed by atoms with Crippen LogP contribution in [0.5, 0.6) is 17.2 Å². The smallest absolute Gasteiger partial charge is 0.310 e. The molecule has 0 spiro atoms. The van der Waals surface area contributed by atoms with E-state index in [4.69, 9.17) is 14.6 Å². The molecule has 5 heteroatoms. The first-order valence-electron chi connectivity index (χ1n) is 4.69. The highest BCUT2D eigenvalue weighted by Crippen LogP contribution is 2.41. The topological polar surface area (TPSA) is 76.0 Å². The van der Waals surface area contributed by atoms with E-state index in [0.29, 0.717) is 11.3 Å². The van der Waals surface area contributed by atoms with E-state index >= 15 is 0 Å². The summed E-state index contributed by atoms with van der Waals surface area (Å²) in [5.41, 5.74) is 0.296. The van der Waals surface area contributed by atoms with Gasteiger partial charge in [0.1, 0.15) is 0 Å². The Labute approximate surface area is 93.2 Å². The molecule has 5 nitrogen and oxygen atoms in total. The molecule has 16 heavy (non-hydrogen) atoms. The van der Waals surface area contributed by atoms with Crippen LogP contribution in [0.1, 0.15) is 18.4 Å². The van der Waals surface area contributed by atoms with Crippen molar-refractivity contribution in [3.8, 4) is 17.2 Å². The van der Waals surface area contributed by atoms with Crippen LogP contribution in [0.25, 0.3) is 0 Å². The number of carboxylic acids is 1. The number of hydrogen-bond donors (Lipinski definition) is 2. The van der Waals surface area contributed by atoms with Gasteiger partial charge in [-0.15, -0.1) is 0 Å². The number of rotatable bonds is 4. The zero-order chi connectivity index (χ0) is 12.3. The molecule has 0 heterocycles. The molecule has 1 atom stereocenters. The summed E-state index contributed by atoms with van der Waals surface area (Å²) in [5.74, 6) is -1.51. The quantitative estimate of drug-likeness (QED) is 0.815. The number of aliphatic carboxylic acids is 1. The van der Waals surface area contributed by atoms with Crippen molar-refractivity contribution in [3.63, 3.8) is 0 Å². The minimum absolute atomic E-state index is 0.146. The molecule has 0 amide bonds. The number of methoxy groups -OCH3 is 2. The lowest BCUT2D eigenvalue weighted by molar-refractivity contribution is -0.138. The van der Waals surface area contributed by atoms with E-state index < -0.39 is 11.9 Å². The van der Waals surface area contributed by atoms with Crippen LogP contribution in [-0.4, -0.2) is 30.4 Å². The van der Waals surface area contributed by atoms with Gasteiger partial charge >= 0.3 is 5.97 Å². The lowest BCUT2D eigenvalue weighted by Crippen LogP contribution is -2.08. The first-order chi connectivity index (χ1) is 7.52. The van der Waals surface area contributed by atoms with E-state index in [1.54, 1.807) is 6.07 Å². The zero-order valence-corrected chi connectivity index (χ0v) is 9.35. The number of benzene rings is 1. The second kappa shape index (κ2) is 4.74. The summed E-state index contributed by atoms with van der Waals surface area (Å²) in [6, 6.07) is 3.07. The summed E-state index contributed by atoms with van der Waals surface area (Å²) in [4.78, 5) is 10.8. The van der Waals surface area contributed by atoms with Gasteiger partial charge in [-0.3, -0.25) is 4.79 Å². The van der Waals surface area contributed by atoms with Crippen molar-refractivity contribution in [2.24, 2.45) is 0 Å². The van der Waals surface area contributed by atoms with Gasteiger partial charge in [0.2, 0.25) is 5.75 Å². The first kappa shape index (κ1) is 12.2. The maximum atomic E-state index is 10.8. The van der Waals surface area contributed by atoms with Crippen molar-refractivity contribution in [3.05, 3.63) is 17.7 Å². The summed E-state index contributed by atoms with van der Waals surface area (Å²) in [6.45, 7) is 1.49. The van der Waals surface area contributed by atoms with E-state index in [-0.39, 0.29) is 11.5 Å². The molecule has 0 aromatic heterocycles. The Morgan fingerprint density at radius 2 is 1.94 bits per heavy atom. The van der Waals surface area contributed by atoms with E-state index in [0.717, 1.165) is 0 Å². The van der Waals surface area contributed by atoms with E-state index in [2.05, 4.69) is 0 Å². The molecule has 0 aliphatic rings. The van der Waals surface area contributed by atoms with E-state index in [1.807, 2.05) is 0 Å². The predicted molar refractivity (Wildman–Crippen MR) is 57.3 cm³/mol. The normalized spacial score (nSPS) is 11.9. The highest BCUT2D eigenvalue weighted by Gasteiger charge is 2.22. The van der Waals surface area contributed by atoms with Crippen molar-refractivity contribution in [1.29, 1.82) is 0 Å². The third-order valence-corrected chi connectivity index (χ3v) is 2.39. The Kier molecular flexibility index (Phi) is 3.60. The van der Waals surface area contributed by atoms with Crippen LogP contribution in [0, 0.1) is 0 Å². The molecule has 0 fully saturated rings. The first-order valence-corrected chi connectivity index (χ1v) is 4.69. The fourth-order valence-corrected chi connectivity index (χ4v) is 1.41. The summed E-state index contributed by atoms with van der Waals surface area (Å²) in [6.07, 6.45) is 0. The Bertz CT molecular complexity index is 400. The van der Waals surface area contributed by atoms with Crippen LogP contribution in [-0.2, 0) is 4.79 Å². The molecule has 1 aromatic carbocycles.